The number of allylic oxidation sites excluding steroid dienone is 2. The van der Waals surface area contributed by atoms with Gasteiger partial charge in [-0.1, -0.05) is 38.5 Å². The highest BCUT2D eigenvalue weighted by atomic mass is 35.5. The van der Waals surface area contributed by atoms with E-state index in [1.807, 2.05) is 19.1 Å². The average Bonchev–Trinajstić information content (AvgIpc) is 2.41. The van der Waals surface area contributed by atoms with Gasteiger partial charge in [0.2, 0.25) is 0 Å². The van der Waals surface area contributed by atoms with Crippen LogP contribution < -0.4 is 0 Å². The van der Waals surface area contributed by atoms with E-state index in [-0.39, 0.29) is 10.5 Å². The molecule has 1 aromatic rings. The number of carbonyl (C=O) groups is 1. The predicted octanol–water partition coefficient (Wildman–Crippen LogP) is 3.93. The molecular weight excluding hydrogens is 308 g/mol. The predicted molar refractivity (Wildman–Crippen MR) is 86.9 cm³/mol. The van der Waals surface area contributed by atoms with Crippen LogP contribution in [0.3, 0.4) is 0 Å². The number of carbonyl (C=O) groups excluding carboxylic acids is 1. The second-order valence-corrected chi connectivity index (χ2v) is 7.31. The van der Waals surface area contributed by atoms with E-state index >= 15 is 0 Å². The van der Waals surface area contributed by atoms with Gasteiger partial charge in [-0.3, -0.25) is 4.79 Å². The first kappa shape index (κ1) is 17.9. The fraction of sp³-hybridized carbons (Fsp3) is 0.438. The summed E-state index contributed by atoms with van der Waals surface area (Å²) in [7, 11) is -3.40. The van der Waals surface area contributed by atoms with Crippen molar-refractivity contribution >= 4 is 26.7 Å². The lowest BCUT2D eigenvalue weighted by atomic mass is 10.0. The van der Waals surface area contributed by atoms with Crippen LogP contribution in [0.15, 0.2) is 29.2 Å². The van der Waals surface area contributed by atoms with Gasteiger partial charge < -0.3 is 0 Å². The minimum atomic E-state index is -3.40. The molecule has 0 unspecified atom stereocenters. The number of halogens is 1. The van der Waals surface area contributed by atoms with Gasteiger partial charge in [0.1, 0.15) is 0 Å². The van der Waals surface area contributed by atoms with E-state index in [1.54, 1.807) is 6.07 Å². The first-order valence-electron chi connectivity index (χ1n) is 7.01. The summed E-state index contributed by atoms with van der Waals surface area (Å²) in [6.07, 6.45) is 8.33. The summed E-state index contributed by atoms with van der Waals surface area (Å²) in [6, 6.07) is 3.19. The largest absolute Gasteiger partial charge is 0.276 e. The van der Waals surface area contributed by atoms with Crippen LogP contribution in [-0.2, 0) is 22.7 Å². The topological polar surface area (TPSA) is 51.2 Å². The summed E-state index contributed by atoms with van der Waals surface area (Å²) in [5.41, 5.74) is 1.77. The number of rotatable bonds is 7. The molecule has 0 aromatic heterocycles. The molecule has 3 nitrogen and oxygen atoms in total. The molecule has 1 rings (SSSR count). The van der Waals surface area contributed by atoms with Gasteiger partial charge in [0.05, 0.1) is 4.90 Å². The Balaban J connectivity index is 3.36. The summed E-state index contributed by atoms with van der Waals surface area (Å²) in [4.78, 5) is 11.7. The van der Waals surface area contributed by atoms with E-state index in [4.69, 9.17) is 11.6 Å². The standard InChI is InChI=1S/C16H21ClO3S/c1-4-6-7-8-9-13-10-12(5-2)14(16(17)18)11-15(13)21(3,19)20/h7-8,10-11H,4-6,9H2,1-3H3/b8-7+. The summed E-state index contributed by atoms with van der Waals surface area (Å²) in [5, 5.41) is -0.621. The van der Waals surface area contributed by atoms with Crippen LogP contribution in [0, 0.1) is 0 Å². The van der Waals surface area contributed by atoms with Crippen molar-refractivity contribution < 1.29 is 13.2 Å². The minimum absolute atomic E-state index is 0.185. The Kier molecular flexibility index (Phi) is 6.62. The maximum atomic E-state index is 11.9. The molecule has 5 heteroatoms. The number of aryl methyl sites for hydroxylation is 1. The van der Waals surface area contributed by atoms with Crippen molar-refractivity contribution in [1.82, 2.24) is 0 Å². The van der Waals surface area contributed by atoms with Crippen molar-refractivity contribution in [2.75, 3.05) is 6.26 Å². The summed E-state index contributed by atoms with van der Waals surface area (Å²) < 4.78 is 23.9. The van der Waals surface area contributed by atoms with Gasteiger partial charge in [0.25, 0.3) is 5.24 Å². The molecule has 21 heavy (non-hydrogen) atoms. The first-order chi connectivity index (χ1) is 9.81. The minimum Gasteiger partial charge on any atom is -0.276 e. The lowest BCUT2D eigenvalue weighted by Gasteiger charge is -2.12. The molecule has 0 bridgehead atoms. The molecule has 0 amide bonds. The SMILES string of the molecule is CCC/C=C/Cc1cc(CC)c(C(=O)Cl)cc1S(C)(=O)=O. The Labute approximate surface area is 131 Å². The molecule has 0 fully saturated rings. The zero-order valence-corrected chi connectivity index (χ0v) is 14.2. The molecule has 0 atom stereocenters. The van der Waals surface area contributed by atoms with Crippen LogP contribution in [0.2, 0.25) is 0 Å². The third-order valence-electron chi connectivity index (χ3n) is 3.24. The van der Waals surface area contributed by atoms with Crippen molar-refractivity contribution in [2.24, 2.45) is 0 Å². The van der Waals surface area contributed by atoms with E-state index in [2.05, 4.69) is 6.92 Å². The third kappa shape index (κ3) is 4.97. The molecule has 0 spiro atoms. The highest BCUT2D eigenvalue weighted by molar-refractivity contribution is 7.90. The molecule has 0 saturated heterocycles. The zero-order chi connectivity index (χ0) is 16.0. The second kappa shape index (κ2) is 7.76. The average molecular weight is 329 g/mol. The van der Waals surface area contributed by atoms with Gasteiger partial charge in [0, 0.05) is 11.8 Å². The van der Waals surface area contributed by atoms with Crippen LogP contribution in [0.25, 0.3) is 0 Å². The van der Waals surface area contributed by atoms with Gasteiger partial charge in [-0.25, -0.2) is 8.42 Å². The van der Waals surface area contributed by atoms with Crippen LogP contribution >= 0.6 is 11.6 Å². The molecule has 0 heterocycles. The molecule has 0 aliphatic carbocycles. The summed E-state index contributed by atoms with van der Waals surface area (Å²) >= 11 is 5.56. The molecular formula is C16H21ClO3S. The number of unbranched alkanes of at least 4 members (excludes halogenated alkanes) is 1. The molecule has 0 saturated carbocycles. The fourth-order valence-electron chi connectivity index (χ4n) is 2.15. The van der Waals surface area contributed by atoms with Crippen LogP contribution in [0.4, 0.5) is 0 Å². The van der Waals surface area contributed by atoms with Crippen molar-refractivity contribution in [2.45, 2.75) is 44.4 Å². The summed E-state index contributed by atoms with van der Waals surface area (Å²) in [6.45, 7) is 4.00. The monoisotopic (exact) mass is 328 g/mol. The number of benzene rings is 1. The van der Waals surface area contributed by atoms with Gasteiger partial charge in [-0.15, -0.1) is 0 Å². The number of sulfone groups is 1. The lowest BCUT2D eigenvalue weighted by molar-refractivity contribution is 0.108. The highest BCUT2D eigenvalue weighted by Gasteiger charge is 2.18. The van der Waals surface area contributed by atoms with Crippen LogP contribution in [0.5, 0.6) is 0 Å². The summed E-state index contributed by atoms with van der Waals surface area (Å²) in [5.74, 6) is 0. The molecule has 0 radical (unpaired) electrons. The maximum Gasteiger partial charge on any atom is 0.252 e. The molecule has 1 aromatic carbocycles. The molecule has 0 N–H and O–H groups in total. The Morgan fingerprint density at radius 2 is 1.86 bits per heavy atom. The van der Waals surface area contributed by atoms with Crippen molar-refractivity contribution in [3.63, 3.8) is 0 Å². The Morgan fingerprint density at radius 3 is 2.33 bits per heavy atom. The van der Waals surface area contributed by atoms with Gasteiger partial charge in [-0.2, -0.15) is 0 Å². The van der Waals surface area contributed by atoms with E-state index in [0.29, 0.717) is 18.4 Å². The van der Waals surface area contributed by atoms with Crippen molar-refractivity contribution in [3.05, 3.63) is 41.0 Å². The number of hydrogen-bond acceptors (Lipinski definition) is 3. The van der Waals surface area contributed by atoms with Crippen molar-refractivity contribution in [1.29, 1.82) is 0 Å². The first-order valence-corrected chi connectivity index (χ1v) is 9.28. The maximum absolute atomic E-state index is 11.9. The fourth-order valence-corrected chi connectivity index (χ4v) is 3.28. The van der Waals surface area contributed by atoms with Crippen LogP contribution in [-0.4, -0.2) is 19.9 Å². The molecule has 0 aliphatic rings. The van der Waals surface area contributed by atoms with Gasteiger partial charge >= 0.3 is 0 Å². The zero-order valence-electron chi connectivity index (χ0n) is 12.6. The molecule has 0 aliphatic heterocycles. The second-order valence-electron chi connectivity index (χ2n) is 4.98. The molecule has 116 valence electrons. The van der Waals surface area contributed by atoms with E-state index in [9.17, 15) is 13.2 Å². The van der Waals surface area contributed by atoms with Crippen LogP contribution in [0.1, 0.15) is 48.2 Å². The van der Waals surface area contributed by atoms with E-state index in [0.717, 1.165) is 24.7 Å². The van der Waals surface area contributed by atoms with Gasteiger partial charge in [-0.05, 0) is 48.1 Å². The Hall–Kier alpha value is -1.13. The Morgan fingerprint density at radius 1 is 1.19 bits per heavy atom. The van der Waals surface area contributed by atoms with Gasteiger partial charge in [0.15, 0.2) is 9.84 Å². The van der Waals surface area contributed by atoms with Crippen molar-refractivity contribution in [3.8, 4) is 0 Å². The van der Waals surface area contributed by atoms with E-state index in [1.165, 1.54) is 6.07 Å². The Bertz CT molecular complexity index is 646. The lowest BCUT2D eigenvalue weighted by Crippen LogP contribution is -2.07. The normalized spacial score (nSPS) is 12.0. The quantitative estimate of drug-likeness (QED) is 0.563. The number of hydrogen-bond donors (Lipinski definition) is 0. The highest BCUT2D eigenvalue weighted by Crippen LogP contribution is 2.24. The van der Waals surface area contributed by atoms with E-state index < -0.39 is 15.1 Å². The smallest absolute Gasteiger partial charge is 0.252 e. The third-order valence-corrected chi connectivity index (χ3v) is 4.62.